The van der Waals surface area contributed by atoms with Gasteiger partial charge in [-0.2, -0.15) is 0 Å². The molecule has 0 unspecified atom stereocenters. The van der Waals surface area contributed by atoms with Gasteiger partial charge in [0.2, 0.25) is 11.8 Å². The molecule has 3 aromatic rings. The second-order valence-corrected chi connectivity index (χ2v) is 7.26. The number of thioether (sulfide) groups is 1. The van der Waals surface area contributed by atoms with E-state index in [1.807, 2.05) is 24.3 Å². The summed E-state index contributed by atoms with van der Waals surface area (Å²) in [7, 11) is 0. The van der Waals surface area contributed by atoms with E-state index in [0.29, 0.717) is 6.54 Å². The first kappa shape index (κ1) is 19.1. The predicted octanol–water partition coefficient (Wildman–Crippen LogP) is 2.82. The van der Waals surface area contributed by atoms with Crippen molar-refractivity contribution in [3.8, 4) is 0 Å². The molecule has 0 aliphatic carbocycles. The lowest BCUT2D eigenvalue weighted by molar-refractivity contribution is -0.116. The van der Waals surface area contributed by atoms with Gasteiger partial charge in [0, 0.05) is 12.2 Å². The lowest BCUT2D eigenvalue weighted by Crippen LogP contribution is -2.30. The number of rotatable bonds is 6. The molecule has 1 aliphatic rings. The zero-order chi connectivity index (χ0) is 20.2. The van der Waals surface area contributed by atoms with Gasteiger partial charge in [-0.05, 0) is 30.2 Å². The summed E-state index contributed by atoms with van der Waals surface area (Å²) in [6, 6.07) is 13.5. The molecule has 0 atom stereocenters. The molecule has 4 rings (SSSR count). The molecule has 1 N–H and O–H groups in total. The molecule has 1 aliphatic heterocycles. The molecule has 0 bridgehead atoms. The third kappa shape index (κ3) is 4.29. The average molecular weight is 412 g/mol. The lowest BCUT2D eigenvalue weighted by Gasteiger charge is -2.16. The summed E-state index contributed by atoms with van der Waals surface area (Å²) in [5.41, 5.74) is 2.05. The Morgan fingerprint density at radius 3 is 2.79 bits per heavy atom. The van der Waals surface area contributed by atoms with Gasteiger partial charge >= 0.3 is 0 Å². The molecule has 0 saturated heterocycles. The maximum atomic E-state index is 13.6. The second kappa shape index (κ2) is 8.44. The third-order valence-corrected chi connectivity index (χ3v) is 5.28. The Bertz CT molecular complexity index is 1060. The van der Waals surface area contributed by atoms with Gasteiger partial charge in [-0.15, -0.1) is 10.2 Å². The number of hydrogen-bond donors (Lipinski definition) is 1. The summed E-state index contributed by atoms with van der Waals surface area (Å²) in [6.45, 7) is 0.629. The molecular weight excluding hydrogens is 395 g/mol. The van der Waals surface area contributed by atoms with E-state index in [9.17, 15) is 14.0 Å². The van der Waals surface area contributed by atoms with E-state index in [4.69, 9.17) is 4.42 Å². The van der Waals surface area contributed by atoms with Gasteiger partial charge in [0.25, 0.3) is 11.1 Å². The first-order chi connectivity index (χ1) is 14.1. The van der Waals surface area contributed by atoms with Crippen molar-refractivity contribution in [3.05, 3.63) is 71.4 Å². The number of amides is 2. The molecule has 0 saturated carbocycles. The summed E-state index contributed by atoms with van der Waals surface area (Å²) in [5, 5.41) is 10.5. The minimum absolute atomic E-state index is 0.0336. The molecular formula is C20H17FN4O3S. The number of hydrogen-bond acceptors (Lipinski definition) is 6. The Morgan fingerprint density at radius 2 is 1.93 bits per heavy atom. The molecule has 7 nitrogen and oxygen atoms in total. The number of benzene rings is 2. The molecule has 0 fully saturated rings. The minimum atomic E-state index is -0.603. The van der Waals surface area contributed by atoms with E-state index in [1.54, 1.807) is 11.0 Å². The van der Waals surface area contributed by atoms with Crippen LogP contribution in [0.3, 0.4) is 0 Å². The maximum Gasteiger partial charge on any atom is 0.277 e. The van der Waals surface area contributed by atoms with Gasteiger partial charge in [-0.1, -0.05) is 42.1 Å². The fourth-order valence-electron chi connectivity index (χ4n) is 3.06. The van der Waals surface area contributed by atoms with Crippen LogP contribution in [-0.2, 0) is 17.8 Å². The summed E-state index contributed by atoms with van der Waals surface area (Å²) in [4.78, 5) is 26.3. The van der Waals surface area contributed by atoms with Crippen LogP contribution in [0.1, 0.15) is 21.8 Å². The van der Waals surface area contributed by atoms with Crippen LogP contribution >= 0.6 is 11.8 Å². The van der Waals surface area contributed by atoms with Crippen molar-refractivity contribution in [2.75, 3.05) is 17.2 Å². The van der Waals surface area contributed by atoms with Gasteiger partial charge < -0.3 is 14.6 Å². The zero-order valence-corrected chi connectivity index (χ0v) is 16.1. The predicted molar refractivity (Wildman–Crippen MR) is 105 cm³/mol. The van der Waals surface area contributed by atoms with Crippen molar-refractivity contribution in [1.29, 1.82) is 0 Å². The highest BCUT2D eigenvalue weighted by atomic mass is 32.2. The Kier molecular flexibility index (Phi) is 5.57. The molecule has 2 aromatic carbocycles. The van der Waals surface area contributed by atoms with Crippen LogP contribution in [0, 0.1) is 5.82 Å². The van der Waals surface area contributed by atoms with E-state index in [0.717, 1.165) is 29.4 Å². The molecule has 1 aromatic heterocycles. The van der Waals surface area contributed by atoms with Gasteiger partial charge in [0.05, 0.1) is 17.9 Å². The van der Waals surface area contributed by atoms with Crippen LogP contribution in [0.4, 0.5) is 10.1 Å². The SMILES string of the molecule is O=C(NCc1nnc(SCC(=O)N2CCc3ccccc32)o1)c1ccccc1F. The van der Waals surface area contributed by atoms with Crippen molar-refractivity contribution in [3.63, 3.8) is 0 Å². The molecule has 2 heterocycles. The van der Waals surface area contributed by atoms with Crippen molar-refractivity contribution < 1.29 is 18.4 Å². The number of nitrogens with one attached hydrogen (secondary N) is 1. The summed E-state index contributed by atoms with van der Waals surface area (Å²) >= 11 is 1.14. The van der Waals surface area contributed by atoms with Crippen molar-refractivity contribution in [2.24, 2.45) is 0 Å². The number of fused-ring (bicyclic) bond motifs is 1. The van der Waals surface area contributed by atoms with Crippen LogP contribution in [0.25, 0.3) is 0 Å². The van der Waals surface area contributed by atoms with Crippen molar-refractivity contribution >= 4 is 29.3 Å². The second-order valence-electron chi connectivity index (χ2n) is 6.34. The van der Waals surface area contributed by atoms with Crippen molar-refractivity contribution in [1.82, 2.24) is 15.5 Å². The van der Waals surface area contributed by atoms with Gasteiger partial charge in [-0.3, -0.25) is 9.59 Å². The summed E-state index contributed by atoms with van der Waals surface area (Å²) < 4.78 is 19.1. The fourth-order valence-corrected chi connectivity index (χ4v) is 3.72. The topological polar surface area (TPSA) is 88.3 Å². The lowest BCUT2D eigenvalue weighted by atomic mass is 10.2. The van der Waals surface area contributed by atoms with Crippen LogP contribution in [0.15, 0.2) is 58.2 Å². The van der Waals surface area contributed by atoms with Gasteiger partial charge in [-0.25, -0.2) is 4.39 Å². The molecule has 148 valence electrons. The third-order valence-electron chi connectivity index (χ3n) is 4.47. The number of anilines is 1. The van der Waals surface area contributed by atoms with E-state index in [-0.39, 0.29) is 34.9 Å². The number of halogens is 1. The number of carbonyl (C=O) groups is 2. The highest BCUT2D eigenvalue weighted by molar-refractivity contribution is 7.99. The first-order valence-electron chi connectivity index (χ1n) is 8.98. The summed E-state index contributed by atoms with van der Waals surface area (Å²) in [5.74, 6) is -0.867. The fraction of sp³-hybridized carbons (Fsp3) is 0.200. The average Bonchev–Trinajstić information content (AvgIpc) is 3.37. The van der Waals surface area contributed by atoms with E-state index < -0.39 is 11.7 Å². The molecule has 2 amide bonds. The maximum absolute atomic E-state index is 13.6. The Morgan fingerprint density at radius 1 is 1.14 bits per heavy atom. The summed E-state index contributed by atoms with van der Waals surface area (Å²) in [6.07, 6.45) is 0.846. The molecule has 9 heteroatoms. The quantitative estimate of drug-likeness (QED) is 0.627. The van der Waals surface area contributed by atoms with E-state index in [2.05, 4.69) is 15.5 Å². The van der Waals surface area contributed by atoms with Crippen LogP contribution in [0.2, 0.25) is 0 Å². The molecule has 0 spiro atoms. The number of para-hydroxylation sites is 1. The largest absolute Gasteiger partial charge is 0.414 e. The Hall–Kier alpha value is -3.20. The smallest absolute Gasteiger partial charge is 0.277 e. The van der Waals surface area contributed by atoms with E-state index in [1.165, 1.54) is 18.2 Å². The molecule has 0 radical (unpaired) electrons. The minimum Gasteiger partial charge on any atom is -0.414 e. The van der Waals surface area contributed by atoms with Crippen LogP contribution in [-0.4, -0.2) is 34.3 Å². The standard InChI is InChI=1S/C20H17FN4O3S/c21-15-7-3-2-6-14(15)19(27)22-11-17-23-24-20(28-17)29-12-18(26)25-10-9-13-5-1-4-8-16(13)25/h1-8H,9-12H2,(H,22,27). The normalized spacial score (nSPS) is 12.7. The highest BCUT2D eigenvalue weighted by Crippen LogP contribution is 2.28. The van der Waals surface area contributed by atoms with Gasteiger partial charge in [0.15, 0.2) is 0 Å². The monoisotopic (exact) mass is 412 g/mol. The van der Waals surface area contributed by atoms with Crippen LogP contribution in [0.5, 0.6) is 0 Å². The van der Waals surface area contributed by atoms with E-state index >= 15 is 0 Å². The van der Waals surface area contributed by atoms with Crippen molar-refractivity contribution in [2.45, 2.75) is 18.2 Å². The van der Waals surface area contributed by atoms with Crippen LogP contribution < -0.4 is 10.2 Å². The number of carbonyl (C=O) groups excluding carboxylic acids is 2. The highest BCUT2D eigenvalue weighted by Gasteiger charge is 2.24. The Balaban J connectivity index is 1.29. The molecule has 29 heavy (non-hydrogen) atoms. The van der Waals surface area contributed by atoms with Gasteiger partial charge in [0.1, 0.15) is 5.82 Å². The Labute approximate surface area is 170 Å². The first-order valence-corrected chi connectivity index (χ1v) is 9.96. The zero-order valence-electron chi connectivity index (χ0n) is 15.3. The number of aromatic nitrogens is 2. The number of nitrogens with zero attached hydrogens (tertiary/aromatic N) is 3.